The third-order valence-corrected chi connectivity index (χ3v) is 3.27. The van der Waals surface area contributed by atoms with Gasteiger partial charge in [0.1, 0.15) is 0 Å². The molecular formula is C16H13N3O2. The predicted molar refractivity (Wildman–Crippen MR) is 80.5 cm³/mol. The van der Waals surface area contributed by atoms with Gasteiger partial charge in [-0.25, -0.2) is 0 Å². The highest BCUT2D eigenvalue weighted by Crippen LogP contribution is 2.18. The Bertz CT molecular complexity index is 819. The SMILES string of the molecule is CC(=O)c1ccc(NC(=O)c2cccc3cn[nH]c23)cc1. The van der Waals surface area contributed by atoms with E-state index < -0.39 is 0 Å². The summed E-state index contributed by atoms with van der Waals surface area (Å²) in [6.45, 7) is 1.51. The average Bonchev–Trinajstić information content (AvgIpc) is 2.96. The van der Waals surface area contributed by atoms with E-state index in [-0.39, 0.29) is 11.7 Å². The van der Waals surface area contributed by atoms with Crippen LogP contribution in [0.1, 0.15) is 27.6 Å². The number of carbonyl (C=O) groups excluding carboxylic acids is 2. The Hall–Kier alpha value is -2.95. The summed E-state index contributed by atoms with van der Waals surface area (Å²) in [4.78, 5) is 23.5. The first-order chi connectivity index (χ1) is 10.1. The van der Waals surface area contributed by atoms with Gasteiger partial charge in [-0.2, -0.15) is 5.10 Å². The number of carbonyl (C=O) groups is 2. The van der Waals surface area contributed by atoms with Crippen molar-refractivity contribution in [2.45, 2.75) is 6.92 Å². The number of anilines is 1. The molecule has 5 nitrogen and oxygen atoms in total. The molecular weight excluding hydrogens is 266 g/mol. The van der Waals surface area contributed by atoms with Gasteiger partial charge < -0.3 is 5.32 Å². The molecule has 3 rings (SSSR count). The standard InChI is InChI=1S/C16H13N3O2/c1-10(20)11-5-7-13(8-6-11)18-16(21)14-4-2-3-12-9-17-19-15(12)14/h2-9H,1H3,(H,17,19)(H,18,21). The van der Waals surface area contributed by atoms with Crippen molar-refractivity contribution in [1.29, 1.82) is 0 Å². The Morgan fingerprint density at radius 2 is 1.86 bits per heavy atom. The second-order valence-electron chi connectivity index (χ2n) is 4.73. The smallest absolute Gasteiger partial charge is 0.257 e. The molecule has 2 N–H and O–H groups in total. The molecule has 1 aromatic heterocycles. The van der Waals surface area contributed by atoms with Crippen LogP contribution in [0.3, 0.4) is 0 Å². The van der Waals surface area contributed by atoms with Gasteiger partial charge in [-0.15, -0.1) is 0 Å². The number of aromatic nitrogens is 2. The number of nitrogens with zero attached hydrogens (tertiary/aromatic N) is 1. The van der Waals surface area contributed by atoms with Gasteiger partial charge in [0.2, 0.25) is 0 Å². The van der Waals surface area contributed by atoms with Gasteiger partial charge >= 0.3 is 0 Å². The van der Waals surface area contributed by atoms with Gasteiger partial charge in [0.25, 0.3) is 5.91 Å². The number of H-pyrrole nitrogens is 1. The highest BCUT2D eigenvalue weighted by atomic mass is 16.1. The van der Waals surface area contributed by atoms with E-state index in [1.807, 2.05) is 12.1 Å². The van der Waals surface area contributed by atoms with Crippen LogP contribution in [-0.4, -0.2) is 21.9 Å². The molecule has 0 atom stereocenters. The fraction of sp³-hybridized carbons (Fsp3) is 0.0625. The van der Waals surface area contributed by atoms with E-state index in [0.717, 1.165) is 5.39 Å². The molecule has 5 heteroatoms. The molecule has 0 radical (unpaired) electrons. The van der Waals surface area contributed by atoms with Crippen LogP contribution in [0.25, 0.3) is 10.9 Å². The summed E-state index contributed by atoms with van der Waals surface area (Å²) >= 11 is 0. The number of rotatable bonds is 3. The molecule has 1 amide bonds. The third-order valence-electron chi connectivity index (χ3n) is 3.27. The summed E-state index contributed by atoms with van der Waals surface area (Å²) in [6, 6.07) is 12.2. The minimum atomic E-state index is -0.222. The average molecular weight is 279 g/mol. The normalized spacial score (nSPS) is 10.5. The van der Waals surface area contributed by atoms with Crippen molar-refractivity contribution in [1.82, 2.24) is 10.2 Å². The number of amides is 1. The van der Waals surface area contributed by atoms with E-state index in [4.69, 9.17) is 0 Å². The third kappa shape index (κ3) is 2.53. The lowest BCUT2D eigenvalue weighted by Gasteiger charge is -2.06. The Kier molecular flexibility index (Phi) is 3.23. The number of benzene rings is 2. The minimum Gasteiger partial charge on any atom is -0.322 e. The number of fused-ring (bicyclic) bond motifs is 1. The molecule has 0 aliphatic carbocycles. The van der Waals surface area contributed by atoms with E-state index in [2.05, 4.69) is 15.5 Å². The summed E-state index contributed by atoms with van der Waals surface area (Å²) in [5.41, 5.74) is 2.49. The number of ketones is 1. The molecule has 0 unspecified atom stereocenters. The summed E-state index contributed by atoms with van der Waals surface area (Å²) in [5, 5.41) is 10.5. The largest absolute Gasteiger partial charge is 0.322 e. The first-order valence-electron chi connectivity index (χ1n) is 6.49. The molecule has 2 aromatic carbocycles. The van der Waals surface area contributed by atoms with Gasteiger partial charge in [-0.3, -0.25) is 14.7 Å². The fourth-order valence-corrected chi connectivity index (χ4v) is 2.14. The molecule has 0 spiro atoms. The number of Topliss-reactive ketones (excluding diaryl/α,β-unsaturated/α-hetero) is 1. The first kappa shape index (κ1) is 13.1. The van der Waals surface area contributed by atoms with E-state index in [0.29, 0.717) is 22.3 Å². The zero-order valence-corrected chi connectivity index (χ0v) is 11.4. The number of aromatic amines is 1. The van der Waals surface area contributed by atoms with Crippen molar-refractivity contribution < 1.29 is 9.59 Å². The highest BCUT2D eigenvalue weighted by molar-refractivity contribution is 6.11. The highest BCUT2D eigenvalue weighted by Gasteiger charge is 2.11. The van der Waals surface area contributed by atoms with Crippen LogP contribution in [0, 0.1) is 0 Å². The van der Waals surface area contributed by atoms with Gasteiger partial charge in [0, 0.05) is 16.6 Å². The molecule has 0 saturated heterocycles. The molecule has 0 aliphatic rings. The van der Waals surface area contributed by atoms with Crippen molar-refractivity contribution in [2.24, 2.45) is 0 Å². The van der Waals surface area contributed by atoms with Gasteiger partial charge in [-0.05, 0) is 37.3 Å². The minimum absolute atomic E-state index is 0.00453. The number of hydrogen-bond donors (Lipinski definition) is 2. The lowest BCUT2D eigenvalue weighted by molar-refractivity contribution is 0.101. The van der Waals surface area contributed by atoms with Crippen LogP contribution in [0.2, 0.25) is 0 Å². The molecule has 0 bridgehead atoms. The monoisotopic (exact) mass is 279 g/mol. The van der Waals surface area contributed by atoms with Gasteiger partial charge in [-0.1, -0.05) is 12.1 Å². The van der Waals surface area contributed by atoms with Crippen LogP contribution in [0.15, 0.2) is 48.7 Å². The molecule has 104 valence electrons. The van der Waals surface area contributed by atoms with Crippen molar-refractivity contribution in [3.8, 4) is 0 Å². The topological polar surface area (TPSA) is 74.8 Å². The van der Waals surface area contributed by atoms with E-state index in [1.54, 1.807) is 36.5 Å². The van der Waals surface area contributed by atoms with E-state index in [1.165, 1.54) is 6.92 Å². The van der Waals surface area contributed by atoms with Crippen molar-refractivity contribution in [3.05, 3.63) is 59.8 Å². The van der Waals surface area contributed by atoms with Crippen LogP contribution in [-0.2, 0) is 0 Å². The summed E-state index contributed by atoms with van der Waals surface area (Å²) in [7, 11) is 0. The first-order valence-corrected chi connectivity index (χ1v) is 6.49. The number of nitrogens with one attached hydrogen (secondary N) is 2. The Balaban J connectivity index is 1.86. The van der Waals surface area contributed by atoms with Crippen LogP contribution < -0.4 is 5.32 Å². The van der Waals surface area contributed by atoms with E-state index >= 15 is 0 Å². The maximum absolute atomic E-state index is 12.3. The zero-order valence-electron chi connectivity index (χ0n) is 11.4. The lowest BCUT2D eigenvalue weighted by atomic mass is 10.1. The maximum atomic E-state index is 12.3. The van der Waals surface area contributed by atoms with Crippen LogP contribution in [0.5, 0.6) is 0 Å². The summed E-state index contributed by atoms with van der Waals surface area (Å²) in [6.07, 6.45) is 1.67. The number of para-hydroxylation sites is 1. The fourth-order valence-electron chi connectivity index (χ4n) is 2.14. The molecule has 1 heterocycles. The summed E-state index contributed by atoms with van der Waals surface area (Å²) < 4.78 is 0. The van der Waals surface area contributed by atoms with Gasteiger partial charge in [0.15, 0.2) is 5.78 Å². The number of hydrogen-bond acceptors (Lipinski definition) is 3. The maximum Gasteiger partial charge on any atom is 0.257 e. The Morgan fingerprint density at radius 3 is 2.57 bits per heavy atom. The Morgan fingerprint density at radius 1 is 1.10 bits per heavy atom. The van der Waals surface area contributed by atoms with Crippen molar-refractivity contribution in [2.75, 3.05) is 5.32 Å². The molecule has 21 heavy (non-hydrogen) atoms. The molecule has 0 aliphatic heterocycles. The molecule has 0 saturated carbocycles. The van der Waals surface area contributed by atoms with Crippen LogP contribution in [0.4, 0.5) is 5.69 Å². The molecule has 3 aromatic rings. The summed E-state index contributed by atoms with van der Waals surface area (Å²) in [5.74, 6) is -0.226. The lowest BCUT2D eigenvalue weighted by Crippen LogP contribution is -2.12. The Labute approximate surface area is 121 Å². The predicted octanol–water partition coefficient (Wildman–Crippen LogP) is 3.02. The van der Waals surface area contributed by atoms with Gasteiger partial charge in [0.05, 0.1) is 17.3 Å². The van der Waals surface area contributed by atoms with Crippen LogP contribution >= 0.6 is 0 Å². The second-order valence-corrected chi connectivity index (χ2v) is 4.73. The molecule has 0 fully saturated rings. The van der Waals surface area contributed by atoms with Crippen molar-refractivity contribution >= 4 is 28.3 Å². The van der Waals surface area contributed by atoms with E-state index in [9.17, 15) is 9.59 Å². The zero-order chi connectivity index (χ0) is 14.8. The second kappa shape index (κ2) is 5.20. The quantitative estimate of drug-likeness (QED) is 0.724. The van der Waals surface area contributed by atoms with Crippen molar-refractivity contribution in [3.63, 3.8) is 0 Å².